The number of hydrogen-bond acceptors (Lipinski definition) is 4. The first kappa shape index (κ1) is 21.3. The molecule has 1 aromatic carbocycles. The average Bonchev–Trinajstić information content (AvgIpc) is 2.68. The van der Waals surface area contributed by atoms with Gasteiger partial charge in [-0.1, -0.05) is 20.8 Å². The predicted octanol–water partition coefficient (Wildman–Crippen LogP) is 2.57. The minimum Gasteiger partial charge on any atom is -0.349 e. The molecular formula is C21H33N3O3S. The van der Waals surface area contributed by atoms with E-state index in [0.29, 0.717) is 30.5 Å². The zero-order valence-electron chi connectivity index (χ0n) is 17.2. The molecule has 0 radical (unpaired) electrons. The molecule has 0 spiro atoms. The lowest BCUT2D eigenvalue weighted by atomic mass is 9.94. The van der Waals surface area contributed by atoms with Gasteiger partial charge in [-0.2, -0.15) is 4.31 Å². The molecule has 1 amide bonds. The molecule has 2 aliphatic heterocycles. The number of carbonyl (C=O) groups is 1. The van der Waals surface area contributed by atoms with Crippen LogP contribution in [0.5, 0.6) is 0 Å². The lowest BCUT2D eigenvalue weighted by Crippen LogP contribution is -2.44. The van der Waals surface area contributed by atoms with Crippen LogP contribution < -0.4 is 5.32 Å². The van der Waals surface area contributed by atoms with E-state index < -0.39 is 10.0 Å². The number of nitrogens with zero attached hydrogens (tertiary/aromatic N) is 2. The Morgan fingerprint density at radius 1 is 1.07 bits per heavy atom. The average molecular weight is 408 g/mol. The van der Waals surface area contributed by atoms with E-state index in [2.05, 4.69) is 31.0 Å². The summed E-state index contributed by atoms with van der Waals surface area (Å²) in [5.41, 5.74) is 0.511. The zero-order valence-corrected chi connectivity index (χ0v) is 18.0. The maximum Gasteiger partial charge on any atom is 0.251 e. The molecule has 1 N–H and O–H groups in total. The van der Waals surface area contributed by atoms with E-state index >= 15 is 0 Å². The summed E-state index contributed by atoms with van der Waals surface area (Å²) in [5, 5.41) is 3.09. The van der Waals surface area contributed by atoms with Gasteiger partial charge in [-0.3, -0.25) is 4.79 Å². The highest BCUT2D eigenvalue weighted by molar-refractivity contribution is 7.89. The Morgan fingerprint density at radius 3 is 2.18 bits per heavy atom. The third-order valence-corrected chi connectivity index (χ3v) is 7.81. The first-order valence-corrected chi connectivity index (χ1v) is 11.9. The van der Waals surface area contributed by atoms with Crippen LogP contribution in [0.2, 0.25) is 0 Å². The second-order valence-electron chi connectivity index (χ2n) is 8.47. The predicted molar refractivity (Wildman–Crippen MR) is 111 cm³/mol. The summed E-state index contributed by atoms with van der Waals surface area (Å²) in [5.74, 6) is 0.601. The summed E-state index contributed by atoms with van der Waals surface area (Å²) in [7, 11) is -3.51. The molecule has 0 aromatic heterocycles. The molecule has 7 heteroatoms. The van der Waals surface area contributed by atoms with Gasteiger partial charge in [0.1, 0.15) is 0 Å². The molecule has 1 aromatic rings. The van der Waals surface area contributed by atoms with Crippen molar-refractivity contribution >= 4 is 15.9 Å². The maximum absolute atomic E-state index is 13.0. The van der Waals surface area contributed by atoms with E-state index in [9.17, 15) is 13.2 Å². The molecule has 0 unspecified atom stereocenters. The fourth-order valence-electron chi connectivity index (χ4n) is 4.39. The molecule has 3 rings (SSSR count). The second-order valence-corrected chi connectivity index (χ2v) is 10.4. The fourth-order valence-corrected chi connectivity index (χ4v) is 6.07. The van der Waals surface area contributed by atoms with Crippen LogP contribution in [0.15, 0.2) is 29.2 Å². The quantitative estimate of drug-likeness (QED) is 0.814. The van der Waals surface area contributed by atoms with Crippen molar-refractivity contribution in [3.63, 3.8) is 0 Å². The zero-order chi connectivity index (χ0) is 20.3. The number of rotatable bonds is 5. The van der Waals surface area contributed by atoms with E-state index in [-0.39, 0.29) is 16.8 Å². The number of carbonyl (C=O) groups excluding carboxylic acids is 1. The van der Waals surface area contributed by atoms with Crippen LogP contribution in [0, 0.1) is 11.8 Å². The highest BCUT2D eigenvalue weighted by Crippen LogP contribution is 2.26. The summed E-state index contributed by atoms with van der Waals surface area (Å²) in [6, 6.07) is 6.57. The highest BCUT2D eigenvalue weighted by Gasteiger charge is 2.31. The van der Waals surface area contributed by atoms with E-state index in [1.54, 1.807) is 28.6 Å². The summed E-state index contributed by atoms with van der Waals surface area (Å²) in [6.45, 7) is 10.5. The normalized spacial score (nSPS) is 25.5. The Kier molecular flexibility index (Phi) is 6.78. The van der Waals surface area contributed by atoms with Crippen molar-refractivity contribution in [2.24, 2.45) is 11.8 Å². The largest absolute Gasteiger partial charge is 0.349 e. The molecule has 2 saturated heterocycles. The van der Waals surface area contributed by atoms with Gasteiger partial charge >= 0.3 is 0 Å². The Balaban J connectivity index is 1.63. The van der Waals surface area contributed by atoms with E-state index in [0.717, 1.165) is 38.9 Å². The van der Waals surface area contributed by atoms with E-state index in [1.165, 1.54) is 0 Å². The van der Waals surface area contributed by atoms with Crippen molar-refractivity contribution in [3.8, 4) is 0 Å². The third-order valence-electron chi connectivity index (χ3n) is 5.96. The maximum atomic E-state index is 13.0. The van der Waals surface area contributed by atoms with Crippen LogP contribution >= 0.6 is 0 Å². The van der Waals surface area contributed by atoms with Crippen LogP contribution in [0.25, 0.3) is 0 Å². The topological polar surface area (TPSA) is 69.7 Å². The van der Waals surface area contributed by atoms with Crippen LogP contribution in [-0.2, 0) is 10.0 Å². The van der Waals surface area contributed by atoms with Crippen LogP contribution in [0.4, 0.5) is 0 Å². The van der Waals surface area contributed by atoms with Gasteiger partial charge in [0, 0.05) is 37.8 Å². The van der Waals surface area contributed by atoms with Gasteiger partial charge in [-0.15, -0.1) is 0 Å². The van der Waals surface area contributed by atoms with Crippen molar-refractivity contribution in [1.29, 1.82) is 0 Å². The first-order chi connectivity index (χ1) is 13.3. The smallest absolute Gasteiger partial charge is 0.251 e. The van der Waals surface area contributed by atoms with Gasteiger partial charge in [-0.25, -0.2) is 8.42 Å². The summed E-state index contributed by atoms with van der Waals surface area (Å²) >= 11 is 0. The second kappa shape index (κ2) is 8.93. The Morgan fingerprint density at radius 2 is 1.64 bits per heavy atom. The minimum absolute atomic E-state index is 0.126. The monoisotopic (exact) mass is 407 g/mol. The SMILES string of the molecule is CCN1CCC(NC(=O)c2ccc(S(=O)(=O)N3C[C@H](C)C[C@@H](C)C3)cc2)CC1. The number of nitrogens with one attached hydrogen (secondary N) is 1. The van der Waals surface area contributed by atoms with Crippen molar-refractivity contribution in [3.05, 3.63) is 29.8 Å². The number of hydrogen-bond donors (Lipinski definition) is 1. The van der Waals surface area contributed by atoms with Gasteiger partial charge in [0.2, 0.25) is 10.0 Å². The minimum atomic E-state index is -3.51. The fraction of sp³-hybridized carbons (Fsp3) is 0.667. The number of sulfonamides is 1. The Labute approximate surface area is 169 Å². The van der Waals surface area contributed by atoms with Gasteiger partial charge < -0.3 is 10.2 Å². The number of amides is 1. The van der Waals surface area contributed by atoms with Crippen molar-refractivity contribution < 1.29 is 13.2 Å². The Hall–Kier alpha value is -1.44. The summed E-state index contributed by atoms with van der Waals surface area (Å²) in [6.07, 6.45) is 2.97. The number of likely N-dealkylation sites (tertiary alicyclic amines) is 1. The molecule has 156 valence electrons. The molecular weight excluding hydrogens is 374 g/mol. The molecule has 0 bridgehead atoms. The standard InChI is InChI=1S/C21H33N3O3S/c1-4-23-11-9-19(10-12-23)22-21(25)18-5-7-20(8-6-18)28(26,27)24-14-16(2)13-17(3)15-24/h5-8,16-17,19H,4,9-15H2,1-3H3,(H,22,25)/t16-,17-/m1/s1. The molecule has 0 saturated carbocycles. The van der Waals surface area contributed by atoms with E-state index in [4.69, 9.17) is 0 Å². The molecule has 2 heterocycles. The molecule has 2 fully saturated rings. The van der Waals surface area contributed by atoms with Gasteiger partial charge in [0.15, 0.2) is 0 Å². The van der Waals surface area contributed by atoms with Crippen molar-refractivity contribution in [2.45, 2.75) is 51.0 Å². The highest BCUT2D eigenvalue weighted by atomic mass is 32.2. The molecule has 28 heavy (non-hydrogen) atoms. The summed E-state index contributed by atoms with van der Waals surface area (Å²) < 4.78 is 27.5. The van der Waals surface area contributed by atoms with Gasteiger partial charge in [-0.05, 0) is 61.9 Å². The van der Waals surface area contributed by atoms with Gasteiger partial charge in [0.25, 0.3) is 5.91 Å². The van der Waals surface area contributed by atoms with E-state index in [1.807, 2.05) is 0 Å². The first-order valence-electron chi connectivity index (χ1n) is 10.4. The molecule has 6 nitrogen and oxygen atoms in total. The van der Waals surface area contributed by atoms with Crippen molar-refractivity contribution in [2.75, 3.05) is 32.7 Å². The summed E-state index contributed by atoms with van der Waals surface area (Å²) in [4.78, 5) is 15.2. The van der Waals surface area contributed by atoms with Crippen molar-refractivity contribution in [1.82, 2.24) is 14.5 Å². The lowest BCUT2D eigenvalue weighted by molar-refractivity contribution is 0.0912. The molecule has 0 aliphatic carbocycles. The van der Waals surface area contributed by atoms with Crippen LogP contribution in [0.1, 0.15) is 50.4 Å². The molecule has 2 aliphatic rings. The lowest BCUT2D eigenvalue weighted by Gasteiger charge is -2.34. The van der Waals surface area contributed by atoms with Crippen LogP contribution in [-0.4, -0.2) is 62.3 Å². The number of piperidine rings is 2. The third kappa shape index (κ3) is 4.93. The van der Waals surface area contributed by atoms with Gasteiger partial charge in [0.05, 0.1) is 4.90 Å². The Bertz CT molecular complexity index is 761. The number of benzene rings is 1. The van der Waals surface area contributed by atoms with Crippen LogP contribution in [0.3, 0.4) is 0 Å². The molecule has 2 atom stereocenters.